The largest absolute Gasteiger partial charge is 0.356 e. The highest BCUT2D eigenvalue weighted by molar-refractivity contribution is 5.92. The predicted octanol–water partition coefficient (Wildman–Crippen LogP) is 2.62. The van der Waals surface area contributed by atoms with Gasteiger partial charge in [0.1, 0.15) is 17.3 Å². The van der Waals surface area contributed by atoms with Crippen molar-refractivity contribution in [1.29, 1.82) is 0 Å². The van der Waals surface area contributed by atoms with E-state index in [-0.39, 0.29) is 5.91 Å². The second kappa shape index (κ2) is 6.77. The van der Waals surface area contributed by atoms with Crippen LogP contribution in [0.3, 0.4) is 0 Å². The molecule has 1 saturated heterocycles. The molecule has 5 nitrogen and oxygen atoms in total. The number of rotatable bonds is 4. The molecule has 0 aliphatic carbocycles. The highest BCUT2D eigenvalue weighted by atomic mass is 16.1. The second-order valence-corrected chi connectivity index (χ2v) is 5.96. The Kier molecular flexibility index (Phi) is 4.55. The van der Waals surface area contributed by atoms with Gasteiger partial charge < -0.3 is 10.2 Å². The molecule has 3 rings (SSSR count). The minimum absolute atomic E-state index is 0.154. The molecule has 1 N–H and O–H groups in total. The third-order valence-electron chi connectivity index (χ3n) is 4.19. The maximum absolute atomic E-state index is 12.4. The maximum atomic E-state index is 12.4. The second-order valence-electron chi connectivity index (χ2n) is 5.96. The fourth-order valence-electron chi connectivity index (χ4n) is 2.85. The molecule has 120 valence electrons. The molecule has 23 heavy (non-hydrogen) atoms. The van der Waals surface area contributed by atoms with E-state index in [9.17, 15) is 4.79 Å². The zero-order valence-electron chi connectivity index (χ0n) is 13.7. The van der Waals surface area contributed by atoms with Gasteiger partial charge in [0.2, 0.25) is 0 Å². The van der Waals surface area contributed by atoms with Crippen molar-refractivity contribution in [2.24, 2.45) is 0 Å². The van der Waals surface area contributed by atoms with Gasteiger partial charge in [0, 0.05) is 25.7 Å². The fraction of sp³-hybridized carbons (Fsp3) is 0.389. The summed E-state index contributed by atoms with van der Waals surface area (Å²) < 4.78 is 0. The molecular formula is C18H22N4O. The van der Waals surface area contributed by atoms with E-state index in [1.807, 2.05) is 38.1 Å². The molecule has 0 saturated carbocycles. The zero-order chi connectivity index (χ0) is 16.2. The van der Waals surface area contributed by atoms with Crippen LogP contribution in [-0.4, -0.2) is 29.0 Å². The van der Waals surface area contributed by atoms with Crippen LogP contribution < -0.4 is 10.2 Å². The highest BCUT2D eigenvalue weighted by Gasteiger charge is 2.17. The lowest BCUT2D eigenvalue weighted by Crippen LogP contribution is -2.26. The Balaban J connectivity index is 1.73. The first kappa shape index (κ1) is 15.5. The van der Waals surface area contributed by atoms with Crippen molar-refractivity contribution < 1.29 is 4.79 Å². The smallest absolute Gasteiger partial charge is 0.270 e. The monoisotopic (exact) mass is 310 g/mol. The number of benzene rings is 1. The minimum atomic E-state index is -0.154. The van der Waals surface area contributed by atoms with Crippen molar-refractivity contribution in [3.05, 3.63) is 53.0 Å². The van der Waals surface area contributed by atoms with E-state index in [0.717, 1.165) is 24.5 Å². The molecule has 0 spiro atoms. The van der Waals surface area contributed by atoms with Gasteiger partial charge in [-0.15, -0.1) is 0 Å². The van der Waals surface area contributed by atoms with E-state index in [1.54, 1.807) is 6.07 Å². The molecule has 0 unspecified atom stereocenters. The number of aryl methyl sites for hydroxylation is 2. The summed E-state index contributed by atoms with van der Waals surface area (Å²) in [5.74, 6) is 1.34. The number of carbonyl (C=O) groups is 1. The van der Waals surface area contributed by atoms with Gasteiger partial charge in [0.25, 0.3) is 5.91 Å². The van der Waals surface area contributed by atoms with Crippen LogP contribution in [0.15, 0.2) is 30.3 Å². The number of hydrogen-bond acceptors (Lipinski definition) is 4. The average Bonchev–Trinajstić information content (AvgIpc) is 3.08. The molecule has 2 aromatic rings. The van der Waals surface area contributed by atoms with Crippen LogP contribution in [-0.2, 0) is 6.54 Å². The molecule has 1 fully saturated rings. The van der Waals surface area contributed by atoms with Crippen LogP contribution in [0, 0.1) is 13.8 Å². The van der Waals surface area contributed by atoms with Crippen molar-refractivity contribution in [1.82, 2.24) is 15.3 Å². The van der Waals surface area contributed by atoms with Crippen LogP contribution in [0.1, 0.15) is 40.3 Å². The van der Waals surface area contributed by atoms with Gasteiger partial charge in [-0.1, -0.05) is 24.3 Å². The average molecular weight is 310 g/mol. The Morgan fingerprint density at radius 3 is 2.65 bits per heavy atom. The fourth-order valence-corrected chi connectivity index (χ4v) is 2.85. The van der Waals surface area contributed by atoms with E-state index in [0.29, 0.717) is 18.1 Å². The number of anilines is 1. The predicted molar refractivity (Wildman–Crippen MR) is 90.6 cm³/mol. The normalized spacial score (nSPS) is 14.1. The first-order valence-corrected chi connectivity index (χ1v) is 8.07. The lowest BCUT2D eigenvalue weighted by atomic mass is 10.1. The first-order chi connectivity index (χ1) is 11.1. The van der Waals surface area contributed by atoms with Crippen molar-refractivity contribution in [2.45, 2.75) is 33.2 Å². The molecule has 0 atom stereocenters. The Morgan fingerprint density at radius 2 is 1.91 bits per heavy atom. The van der Waals surface area contributed by atoms with E-state index in [4.69, 9.17) is 0 Å². The molecule has 0 bridgehead atoms. The summed E-state index contributed by atoms with van der Waals surface area (Å²) in [6.07, 6.45) is 2.36. The van der Waals surface area contributed by atoms with Crippen molar-refractivity contribution >= 4 is 11.7 Å². The Labute approximate surface area is 136 Å². The van der Waals surface area contributed by atoms with Crippen LogP contribution in [0.2, 0.25) is 0 Å². The van der Waals surface area contributed by atoms with Crippen molar-refractivity contribution in [3.8, 4) is 0 Å². The minimum Gasteiger partial charge on any atom is -0.356 e. The SMILES string of the molecule is Cc1nc(C(=O)NCc2ccccc2C)cc(N2CCCC2)n1. The standard InChI is InChI=1S/C18H22N4O/c1-13-7-3-4-8-15(13)12-19-18(23)16-11-17(21-14(2)20-16)22-9-5-6-10-22/h3-4,7-8,11H,5-6,9-10,12H2,1-2H3,(H,19,23). The Morgan fingerprint density at radius 1 is 1.17 bits per heavy atom. The topological polar surface area (TPSA) is 58.1 Å². The van der Waals surface area contributed by atoms with Crippen LogP contribution >= 0.6 is 0 Å². The first-order valence-electron chi connectivity index (χ1n) is 8.07. The Bertz CT molecular complexity index is 708. The molecule has 0 radical (unpaired) electrons. The number of hydrogen-bond donors (Lipinski definition) is 1. The summed E-state index contributed by atoms with van der Waals surface area (Å²) in [4.78, 5) is 23.4. The number of aromatic nitrogens is 2. The van der Waals surface area contributed by atoms with Gasteiger partial charge >= 0.3 is 0 Å². The molecule has 5 heteroatoms. The third kappa shape index (κ3) is 3.67. The molecular weight excluding hydrogens is 288 g/mol. The van der Waals surface area contributed by atoms with Crippen molar-refractivity contribution in [2.75, 3.05) is 18.0 Å². The van der Waals surface area contributed by atoms with Gasteiger partial charge in [0.05, 0.1) is 0 Å². The van der Waals surface area contributed by atoms with E-state index >= 15 is 0 Å². The van der Waals surface area contributed by atoms with Gasteiger partial charge in [0.15, 0.2) is 0 Å². The van der Waals surface area contributed by atoms with Gasteiger partial charge in [-0.3, -0.25) is 4.79 Å². The zero-order valence-corrected chi connectivity index (χ0v) is 13.7. The van der Waals surface area contributed by atoms with E-state index < -0.39 is 0 Å². The third-order valence-corrected chi connectivity index (χ3v) is 4.19. The molecule has 1 amide bonds. The van der Waals surface area contributed by atoms with Crippen LogP contribution in [0.25, 0.3) is 0 Å². The number of nitrogens with one attached hydrogen (secondary N) is 1. The van der Waals surface area contributed by atoms with Crippen LogP contribution in [0.5, 0.6) is 0 Å². The van der Waals surface area contributed by atoms with E-state index in [2.05, 4.69) is 20.2 Å². The summed E-state index contributed by atoms with van der Waals surface area (Å²) in [6.45, 7) is 6.38. The van der Waals surface area contributed by atoms with Gasteiger partial charge in [-0.25, -0.2) is 9.97 Å². The van der Waals surface area contributed by atoms with Crippen LogP contribution in [0.4, 0.5) is 5.82 Å². The molecule has 2 heterocycles. The molecule has 1 aromatic carbocycles. The quantitative estimate of drug-likeness (QED) is 0.943. The summed E-state index contributed by atoms with van der Waals surface area (Å²) >= 11 is 0. The number of carbonyl (C=O) groups excluding carboxylic acids is 1. The molecule has 1 aliphatic rings. The molecule has 1 aromatic heterocycles. The highest BCUT2D eigenvalue weighted by Crippen LogP contribution is 2.18. The van der Waals surface area contributed by atoms with Crippen molar-refractivity contribution in [3.63, 3.8) is 0 Å². The maximum Gasteiger partial charge on any atom is 0.270 e. The summed E-state index contributed by atoms with van der Waals surface area (Å²) in [5.41, 5.74) is 2.73. The lowest BCUT2D eigenvalue weighted by Gasteiger charge is -2.17. The lowest BCUT2D eigenvalue weighted by molar-refractivity contribution is 0.0945. The Hall–Kier alpha value is -2.43. The summed E-state index contributed by atoms with van der Waals surface area (Å²) in [5, 5.41) is 2.95. The number of amides is 1. The van der Waals surface area contributed by atoms with E-state index in [1.165, 1.54) is 18.4 Å². The molecule has 1 aliphatic heterocycles. The number of nitrogens with zero attached hydrogens (tertiary/aromatic N) is 3. The summed E-state index contributed by atoms with van der Waals surface area (Å²) in [7, 11) is 0. The summed E-state index contributed by atoms with van der Waals surface area (Å²) in [6, 6.07) is 9.84. The van der Waals surface area contributed by atoms with Gasteiger partial charge in [-0.2, -0.15) is 0 Å². The van der Waals surface area contributed by atoms with Gasteiger partial charge in [-0.05, 0) is 37.8 Å².